The van der Waals surface area contributed by atoms with Gasteiger partial charge in [0, 0.05) is 6.54 Å². The lowest BCUT2D eigenvalue weighted by Crippen LogP contribution is -2.15. The molecule has 0 aliphatic heterocycles. The largest absolute Gasteiger partial charge is 0.387 e. The lowest BCUT2D eigenvalue weighted by molar-refractivity contribution is 0.191. The van der Waals surface area contributed by atoms with Crippen LogP contribution in [0.5, 0.6) is 0 Å². The molecule has 0 spiro atoms. The molecule has 108 valence electrons. The average molecular weight is 285 g/mol. The van der Waals surface area contributed by atoms with E-state index < -0.39 is 6.10 Å². The highest BCUT2D eigenvalue weighted by Gasteiger charge is 2.11. The number of nitrogen functional groups attached to an aromatic ring is 1. The highest BCUT2D eigenvalue weighted by Crippen LogP contribution is 2.21. The van der Waals surface area contributed by atoms with Gasteiger partial charge in [-0.2, -0.15) is 15.1 Å². The molecule has 1 aromatic carbocycles. The number of aromatic amines is 1. The maximum Gasteiger partial charge on any atom is 0.241 e. The number of hydrazine groups is 1. The summed E-state index contributed by atoms with van der Waals surface area (Å²) in [5, 5.41) is 20.7. The van der Waals surface area contributed by atoms with Crippen LogP contribution >= 0.6 is 0 Å². The Labute approximate surface area is 120 Å². The summed E-state index contributed by atoms with van der Waals surface area (Å²) in [5.74, 6) is 6.16. The van der Waals surface area contributed by atoms with Gasteiger partial charge in [0.2, 0.25) is 5.95 Å². The zero-order valence-corrected chi connectivity index (χ0v) is 11.1. The molecule has 3 rings (SSSR count). The molecule has 2 heterocycles. The van der Waals surface area contributed by atoms with Crippen LogP contribution in [0.3, 0.4) is 0 Å². The Kier molecular flexibility index (Phi) is 3.63. The van der Waals surface area contributed by atoms with Crippen LogP contribution in [0.25, 0.3) is 11.0 Å². The molecule has 0 saturated heterocycles. The van der Waals surface area contributed by atoms with Crippen LogP contribution in [0.2, 0.25) is 0 Å². The molecule has 2 aromatic heterocycles. The molecule has 0 amide bonds. The third-order valence-electron chi connectivity index (χ3n) is 3.09. The maximum atomic E-state index is 10.2. The molecule has 0 bridgehead atoms. The number of nitrogens with one attached hydrogen (secondary N) is 3. The molecular weight excluding hydrogens is 270 g/mol. The van der Waals surface area contributed by atoms with E-state index in [4.69, 9.17) is 5.84 Å². The highest BCUT2D eigenvalue weighted by molar-refractivity contribution is 5.86. The monoisotopic (exact) mass is 285 g/mol. The molecule has 0 saturated carbocycles. The van der Waals surface area contributed by atoms with Crippen molar-refractivity contribution in [1.82, 2.24) is 20.2 Å². The Morgan fingerprint density at radius 2 is 2.05 bits per heavy atom. The Balaban J connectivity index is 1.80. The van der Waals surface area contributed by atoms with E-state index in [1.54, 1.807) is 6.20 Å². The molecule has 8 nitrogen and oxygen atoms in total. The summed E-state index contributed by atoms with van der Waals surface area (Å²) >= 11 is 0. The number of benzene rings is 1. The second-order valence-corrected chi connectivity index (χ2v) is 4.48. The summed E-state index contributed by atoms with van der Waals surface area (Å²) in [4.78, 5) is 8.36. The number of fused-ring (bicyclic) bond motifs is 1. The summed E-state index contributed by atoms with van der Waals surface area (Å²) < 4.78 is 0. The third-order valence-corrected chi connectivity index (χ3v) is 3.09. The fraction of sp³-hybridized carbons (Fsp3) is 0.154. The Morgan fingerprint density at radius 1 is 1.24 bits per heavy atom. The molecule has 3 aromatic rings. The van der Waals surface area contributed by atoms with Gasteiger partial charge in [-0.15, -0.1) is 0 Å². The number of H-pyrrole nitrogens is 1. The van der Waals surface area contributed by atoms with Crippen molar-refractivity contribution >= 4 is 22.8 Å². The molecule has 21 heavy (non-hydrogen) atoms. The third kappa shape index (κ3) is 2.76. The van der Waals surface area contributed by atoms with Crippen LogP contribution in [0.15, 0.2) is 36.5 Å². The summed E-state index contributed by atoms with van der Waals surface area (Å²) in [5.41, 5.74) is 3.79. The van der Waals surface area contributed by atoms with Gasteiger partial charge < -0.3 is 10.4 Å². The summed E-state index contributed by atoms with van der Waals surface area (Å²) in [6.45, 7) is 0.311. The van der Waals surface area contributed by atoms with E-state index in [1.165, 1.54) is 0 Å². The first-order valence-corrected chi connectivity index (χ1v) is 6.42. The zero-order valence-electron chi connectivity index (χ0n) is 11.1. The first kappa shape index (κ1) is 13.3. The van der Waals surface area contributed by atoms with Gasteiger partial charge in [-0.05, 0) is 5.56 Å². The molecule has 1 atom stereocenters. The lowest BCUT2D eigenvalue weighted by atomic mass is 10.1. The van der Waals surface area contributed by atoms with E-state index in [2.05, 4.69) is 30.9 Å². The van der Waals surface area contributed by atoms with Crippen LogP contribution < -0.4 is 16.6 Å². The number of anilines is 2. The number of aliphatic hydroxyl groups excluding tert-OH is 1. The van der Waals surface area contributed by atoms with Crippen molar-refractivity contribution in [3.63, 3.8) is 0 Å². The molecule has 0 radical (unpaired) electrons. The minimum Gasteiger partial charge on any atom is -0.387 e. The standard InChI is InChI=1S/C13H15N7O/c14-19-13-17-11(9-6-16-20-12(9)18-13)15-7-10(21)8-4-2-1-3-5-8/h1-6,10,21H,7,14H2,(H3,15,16,17,18,19,20). The number of hydrogen-bond donors (Lipinski definition) is 5. The topological polar surface area (TPSA) is 125 Å². The number of nitrogens with two attached hydrogens (primary N) is 1. The average Bonchev–Trinajstić information content (AvgIpc) is 3.01. The van der Waals surface area contributed by atoms with E-state index in [9.17, 15) is 5.11 Å². The number of nitrogens with zero attached hydrogens (tertiary/aromatic N) is 3. The van der Waals surface area contributed by atoms with Crippen molar-refractivity contribution in [2.45, 2.75) is 6.10 Å². The van der Waals surface area contributed by atoms with Crippen molar-refractivity contribution in [3.05, 3.63) is 42.1 Å². The van der Waals surface area contributed by atoms with Gasteiger partial charge in [-0.25, -0.2) is 5.84 Å². The number of hydrogen-bond acceptors (Lipinski definition) is 7. The van der Waals surface area contributed by atoms with Gasteiger partial charge in [-0.1, -0.05) is 30.3 Å². The van der Waals surface area contributed by atoms with Gasteiger partial charge in [0.25, 0.3) is 0 Å². The van der Waals surface area contributed by atoms with Gasteiger partial charge >= 0.3 is 0 Å². The second kappa shape index (κ2) is 5.73. The summed E-state index contributed by atoms with van der Waals surface area (Å²) in [6.07, 6.45) is 0.977. The predicted molar refractivity (Wildman–Crippen MR) is 79.4 cm³/mol. The van der Waals surface area contributed by atoms with Crippen LogP contribution in [-0.4, -0.2) is 31.8 Å². The summed E-state index contributed by atoms with van der Waals surface area (Å²) in [7, 11) is 0. The Hall–Kier alpha value is -2.71. The van der Waals surface area contributed by atoms with Gasteiger partial charge in [-0.3, -0.25) is 10.5 Å². The molecular formula is C13H15N7O. The van der Waals surface area contributed by atoms with Gasteiger partial charge in [0.1, 0.15) is 5.82 Å². The number of aromatic nitrogens is 4. The van der Waals surface area contributed by atoms with Crippen molar-refractivity contribution in [3.8, 4) is 0 Å². The van der Waals surface area contributed by atoms with E-state index in [0.717, 1.165) is 10.9 Å². The highest BCUT2D eigenvalue weighted by atomic mass is 16.3. The quantitative estimate of drug-likeness (QED) is 0.346. The minimum atomic E-state index is -0.641. The molecule has 0 aliphatic rings. The van der Waals surface area contributed by atoms with E-state index in [1.807, 2.05) is 30.3 Å². The molecule has 8 heteroatoms. The smallest absolute Gasteiger partial charge is 0.241 e. The Morgan fingerprint density at radius 3 is 2.81 bits per heavy atom. The van der Waals surface area contributed by atoms with Crippen molar-refractivity contribution in [2.75, 3.05) is 17.3 Å². The van der Waals surface area contributed by atoms with Gasteiger partial charge in [0.05, 0.1) is 17.7 Å². The van der Waals surface area contributed by atoms with E-state index in [0.29, 0.717) is 18.0 Å². The fourth-order valence-corrected chi connectivity index (χ4v) is 2.02. The molecule has 6 N–H and O–H groups in total. The normalized spacial score (nSPS) is 12.3. The first-order valence-electron chi connectivity index (χ1n) is 6.42. The lowest BCUT2D eigenvalue weighted by Gasteiger charge is -2.13. The van der Waals surface area contributed by atoms with Crippen LogP contribution in [0.1, 0.15) is 11.7 Å². The first-order chi connectivity index (χ1) is 10.3. The maximum absolute atomic E-state index is 10.2. The van der Waals surface area contributed by atoms with Crippen LogP contribution in [0.4, 0.5) is 11.8 Å². The van der Waals surface area contributed by atoms with E-state index in [-0.39, 0.29) is 5.95 Å². The fourth-order valence-electron chi connectivity index (χ4n) is 2.02. The van der Waals surface area contributed by atoms with Gasteiger partial charge in [0.15, 0.2) is 5.65 Å². The zero-order chi connectivity index (χ0) is 14.7. The predicted octanol–water partition coefficient (Wildman–Crippen LogP) is 0.784. The SMILES string of the molecule is NNc1nc(NCC(O)c2ccccc2)c2cn[nH]c2n1. The molecule has 0 aliphatic carbocycles. The van der Waals surface area contributed by atoms with Crippen LogP contribution in [0, 0.1) is 0 Å². The Bertz CT molecular complexity index is 728. The minimum absolute atomic E-state index is 0.267. The second-order valence-electron chi connectivity index (χ2n) is 4.48. The molecule has 0 fully saturated rings. The number of aliphatic hydroxyl groups is 1. The summed E-state index contributed by atoms with van der Waals surface area (Å²) in [6, 6.07) is 9.41. The van der Waals surface area contributed by atoms with Crippen LogP contribution in [-0.2, 0) is 0 Å². The van der Waals surface area contributed by atoms with E-state index >= 15 is 0 Å². The number of rotatable bonds is 5. The van der Waals surface area contributed by atoms with Crippen molar-refractivity contribution < 1.29 is 5.11 Å². The molecule has 1 unspecified atom stereocenters. The van der Waals surface area contributed by atoms with Crippen molar-refractivity contribution in [1.29, 1.82) is 0 Å². The van der Waals surface area contributed by atoms with Crippen molar-refractivity contribution in [2.24, 2.45) is 5.84 Å².